The van der Waals surface area contributed by atoms with Crippen LogP contribution in [0.15, 0.2) is 12.2 Å². The van der Waals surface area contributed by atoms with Crippen LogP contribution in [0.1, 0.15) is 245 Å². The Morgan fingerprint density at radius 3 is 1.40 bits per heavy atom. The van der Waals surface area contributed by atoms with E-state index in [-0.39, 0.29) is 6.42 Å². The molecular weight excluding hydrogens is 851 g/mol. The minimum absolute atomic E-state index is 0.262. The standard InChI is InChI=1S/C51H99NO12S/c1-3-5-7-9-10-11-12-13-14-15-16-17-18-19-20-21-22-23-24-25-26-27-28-29-30-31-32-33-34-35-36-38-40-45(55)50(58)52-43(44(54)39-37-8-6-4-2)42-62-51-48(57)49(64-65(59,60)61)47(56)46(41-53)63-51/h19-20,43-49,51,53-57H,3-18,21-42H2,1-2H3,(H,52,58)(H,59,60,61)/b20-19-. The number of unbranched alkanes of at least 4 members (excludes halogenated alkanes) is 31. The fraction of sp³-hybridized carbons (Fsp3) is 0.941. The van der Waals surface area contributed by atoms with Crippen LogP contribution in [0, 0.1) is 0 Å². The van der Waals surface area contributed by atoms with E-state index >= 15 is 0 Å². The molecule has 13 nitrogen and oxygen atoms in total. The molecule has 1 aliphatic rings. The summed E-state index contributed by atoms with van der Waals surface area (Å²) in [6.45, 7) is 3.14. The van der Waals surface area contributed by atoms with Crippen LogP contribution in [0.3, 0.4) is 0 Å². The van der Waals surface area contributed by atoms with Gasteiger partial charge in [-0.05, 0) is 38.5 Å². The number of nitrogens with one attached hydrogen (secondary N) is 1. The first kappa shape index (κ1) is 61.8. The topological polar surface area (TPSA) is 212 Å². The van der Waals surface area contributed by atoms with Gasteiger partial charge in [0.05, 0.1) is 25.4 Å². The summed E-state index contributed by atoms with van der Waals surface area (Å²) in [4.78, 5) is 13.0. The molecule has 0 aromatic rings. The van der Waals surface area contributed by atoms with E-state index in [1.807, 2.05) is 0 Å². The number of carbonyl (C=O) groups excluding carboxylic acids is 1. The Kier molecular flexibility index (Phi) is 39.7. The lowest BCUT2D eigenvalue weighted by Crippen LogP contribution is -2.61. The van der Waals surface area contributed by atoms with Crippen molar-refractivity contribution in [2.24, 2.45) is 0 Å². The SMILES string of the molecule is CCCCCCCCCCCCCC/C=C\CCCCCCCCCCCCCCCCCCC(O)C(=O)NC(COC1OC(CO)C(O)C(OS(=O)(=O)O)C1O)C(O)CCCCCC. The van der Waals surface area contributed by atoms with Gasteiger partial charge in [0.1, 0.15) is 30.5 Å². The van der Waals surface area contributed by atoms with E-state index in [9.17, 15) is 38.7 Å². The highest BCUT2D eigenvalue weighted by atomic mass is 32.3. The number of aliphatic hydroxyl groups excluding tert-OH is 5. The number of rotatable bonds is 46. The highest BCUT2D eigenvalue weighted by Gasteiger charge is 2.48. The highest BCUT2D eigenvalue weighted by molar-refractivity contribution is 7.80. The summed E-state index contributed by atoms with van der Waals surface area (Å²) in [5.74, 6) is -0.675. The zero-order chi connectivity index (χ0) is 47.8. The maximum Gasteiger partial charge on any atom is 0.397 e. The quantitative estimate of drug-likeness (QED) is 0.0173. The minimum Gasteiger partial charge on any atom is -0.394 e. The largest absolute Gasteiger partial charge is 0.397 e. The van der Waals surface area contributed by atoms with Crippen LogP contribution < -0.4 is 5.32 Å². The predicted octanol–water partition coefficient (Wildman–Crippen LogP) is 10.5. The highest BCUT2D eigenvalue weighted by Crippen LogP contribution is 2.26. The lowest BCUT2D eigenvalue weighted by atomic mass is 9.99. The van der Waals surface area contributed by atoms with Crippen LogP contribution in [0.25, 0.3) is 0 Å². The van der Waals surface area contributed by atoms with E-state index < -0.39 is 78.5 Å². The first-order chi connectivity index (χ1) is 31.4. The maximum absolute atomic E-state index is 13.0. The predicted molar refractivity (Wildman–Crippen MR) is 261 cm³/mol. The van der Waals surface area contributed by atoms with Gasteiger partial charge in [-0.25, -0.2) is 4.18 Å². The molecule has 0 spiro atoms. The lowest BCUT2D eigenvalue weighted by Gasteiger charge is -2.41. The molecular formula is C51H99NO12S. The van der Waals surface area contributed by atoms with Crippen molar-refractivity contribution >= 4 is 16.3 Å². The van der Waals surface area contributed by atoms with Crippen LogP contribution in [0.4, 0.5) is 0 Å². The molecule has 1 fully saturated rings. The van der Waals surface area contributed by atoms with Crippen LogP contribution >= 0.6 is 0 Å². The van der Waals surface area contributed by atoms with Gasteiger partial charge in [-0.3, -0.25) is 9.35 Å². The van der Waals surface area contributed by atoms with E-state index in [1.54, 1.807) is 0 Å². The number of hydrogen-bond acceptors (Lipinski definition) is 11. The van der Waals surface area contributed by atoms with Gasteiger partial charge in [-0.1, -0.05) is 219 Å². The van der Waals surface area contributed by atoms with Gasteiger partial charge in [0, 0.05) is 0 Å². The van der Waals surface area contributed by atoms with Gasteiger partial charge >= 0.3 is 10.4 Å². The monoisotopic (exact) mass is 950 g/mol. The van der Waals surface area contributed by atoms with E-state index in [0.717, 1.165) is 38.5 Å². The second kappa shape index (κ2) is 41.7. The summed E-state index contributed by atoms with van der Waals surface area (Å²) in [5, 5.41) is 54.8. The molecule has 0 saturated carbocycles. The zero-order valence-electron chi connectivity index (χ0n) is 41.2. The van der Waals surface area contributed by atoms with Crippen molar-refractivity contribution in [3.05, 3.63) is 12.2 Å². The summed E-state index contributed by atoms with van der Waals surface area (Å²) in [6, 6.07) is -1.03. The number of aliphatic hydroxyl groups is 5. The molecule has 0 aromatic heterocycles. The lowest BCUT2D eigenvalue weighted by molar-refractivity contribution is -0.298. The average molecular weight is 950 g/mol. The van der Waals surface area contributed by atoms with Crippen molar-refractivity contribution in [2.75, 3.05) is 13.2 Å². The van der Waals surface area contributed by atoms with Gasteiger partial charge in [0.25, 0.3) is 0 Å². The van der Waals surface area contributed by atoms with Crippen molar-refractivity contribution in [3.63, 3.8) is 0 Å². The summed E-state index contributed by atoms with van der Waals surface area (Å²) < 4.78 is 47.3. The Morgan fingerprint density at radius 1 is 0.600 bits per heavy atom. The number of allylic oxidation sites excluding steroid dienone is 2. The summed E-state index contributed by atoms with van der Waals surface area (Å²) in [7, 11) is -5.10. The van der Waals surface area contributed by atoms with Crippen LogP contribution in [-0.2, 0) is 28.9 Å². The molecule has 7 N–H and O–H groups in total. The van der Waals surface area contributed by atoms with Crippen LogP contribution in [-0.4, -0.2) is 107 Å². The van der Waals surface area contributed by atoms with Crippen molar-refractivity contribution in [3.8, 4) is 0 Å². The Morgan fingerprint density at radius 2 is 0.985 bits per heavy atom. The van der Waals surface area contributed by atoms with Crippen molar-refractivity contribution in [1.29, 1.82) is 0 Å². The molecule has 1 aliphatic heterocycles. The third kappa shape index (κ3) is 33.9. The number of ether oxygens (including phenoxy) is 2. The molecule has 8 unspecified atom stereocenters. The molecule has 65 heavy (non-hydrogen) atoms. The Bertz CT molecular complexity index is 1230. The van der Waals surface area contributed by atoms with E-state index in [4.69, 9.17) is 14.0 Å². The number of amides is 1. The molecule has 1 saturated heterocycles. The van der Waals surface area contributed by atoms with Gasteiger partial charge < -0.3 is 40.3 Å². The van der Waals surface area contributed by atoms with Gasteiger partial charge in [0.15, 0.2) is 6.29 Å². The zero-order valence-corrected chi connectivity index (χ0v) is 42.0. The molecule has 0 radical (unpaired) electrons. The smallest absolute Gasteiger partial charge is 0.394 e. The van der Waals surface area contributed by atoms with Crippen molar-refractivity contribution < 1.29 is 57.0 Å². The fourth-order valence-corrected chi connectivity index (χ4v) is 9.21. The Labute approximate surface area is 396 Å². The molecule has 1 rings (SSSR count). The minimum atomic E-state index is -5.10. The summed E-state index contributed by atoms with van der Waals surface area (Å²) in [6.07, 6.45) is 36.8. The molecule has 0 aromatic carbocycles. The average Bonchev–Trinajstić information content (AvgIpc) is 3.28. The van der Waals surface area contributed by atoms with Gasteiger partial charge in [-0.15, -0.1) is 0 Å². The van der Waals surface area contributed by atoms with Gasteiger partial charge in [-0.2, -0.15) is 8.42 Å². The number of carbonyl (C=O) groups is 1. The summed E-state index contributed by atoms with van der Waals surface area (Å²) in [5.41, 5.74) is 0. The molecule has 14 heteroatoms. The Hall–Kier alpha value is -1.20. The fourth-order valence-electron chi connectivity index (χ4n) is 8.70. The molecule has 0 bridgehead atoms. The second-order valence-corrected chi connectivity index (χ2v) is 20.0. The first-order valence-corrected chi connectivity index (χ1v) is 28.0. The maximum atomic E-state index is 13.0. The van der Waals surface area contributed by atoms with E-state index in [2.05, 4.69) is 35.5 Å². The molecule has 1 heterocycles. The molecule has 1 amide bonds. The van der Waals surface area contributed by atoms with Crippen molar-refractivity contribution in [2.45, 2.75) is 294 Å². The number of hydrogen-bond donors (Lipinski definition) is 7. The third-order valence-electron chi connectivity index (χ3n) is 12.9. The first-order valence-electron chi connectivity index (χ1n) is 26.7. The Balaban J connectivity index is 2.11. The molecule has 386 valence electrons. The third-order valence-corrected chi connectivity index (χ3v) is 13.4. The normalized spacial score (nSPS) is 20.6. The van der Waals surface area contributed by atoms with Gasteiger partial charge in [0.2, 0.25) is 5.91 Å². The summed E-state index contributed by atoms with van der Waals surface area (Å²) >= 11 is 0. The molecule has 0 aliphatic carbocycles. The molecule has 8 atom stereocenters. The van der Waals surface area contributed by atoms with Crippen molar-refractivity contribution in [1.82, 2.24) is 5.32 Å². The van der Waals surface area contributed by atoms with E-state index in [0.29, 0.717) is 19.3 Å². The van der Waals surface area contributed by atoms with E-state index in [1.165, 1.54) is 167 Å². The second-order valence-electron chi connectivity index (χ2n) is 19.0. The van der Waals surface area contributed by atoms with Crippen LogP contribution in [0.2, 0.25) is 0 Å². The van der Waals surface area contributed by atoms with Crippen LogP contribution in [0.5, 0.6) is 0 Å².